The number of aromatic amines is 4. The standard InChI is InChI=1S/C48H55N9O6.C40H42N8O3.C8H15NO4.CH4/c1-7-28(4)41(55-47(61)63-6)45(59)56-25-29(22-49)18-38(56)42-50-24-37(53-42)35-15-14-33-19-32(12-13-34(33)20-35)30-8-10-31(11-9-30)36-23-51-43(52-36)39-21-48(16-17-48)26-57(39)44(58)40(27(2)3)54-46(60)62-5;1-23(2)35(47-39(50)51-3)38(49)48-22-40(12-13-40)17-34(48)37-44-20-32(46-37)26-6-4-25(5-7-26)27-8-9-29-16-30(11-10-28(29)15-27)33-21-43-36(45-33)31-14-24(18-41)19-42-31;1-4-5(2)6(7(10)11)9-8(12)13-3;/h8-15,19-20,23-24,27-29,38-41H,7,16-18,21,25-26H2,1-6H3,(H,50,53)(H,51,52)(H,54,60)(H,55,61);4-11,15-16,20-21,23-24,31,34-35,42H,12-14,17,19,22H2,1-3H3,(H,43,45)(H,44,46)(H,47,50);5-6H,4H2,1-3H3,(H,9,12)(H,10,11);1H4/t28-,29?,38-,39-,40-,41-;24-,31+,34+,35+;5-,6-;/m010./s1. The molecule has 12 atom stereocenters. The number of carbonyl (C=O) groups excluding carboxylic acids is 7. The molecule has 1 unspecified atom stereocenters. The Balaban J connectivity index is 0.000000193. The summed E-state index contributed by atoms with van der Waals surface area (Å²) in [4.78, 5) is 138. The number of nitrogens with zero attached hydrogens (tertiary/aromatic N) is 9. The minimum Gasteiger partial charge on any atom is -0.480 e. The number of carbonyl (C=O) groups is 8. The number of ether oxygens (including phenoxy) is 4. The molecule has 2 spiro atoms. The number of imidazole rings is 4. The Bertz CT molecular complexity index is 5770. The molecule has 6 fully saturated rings. The number of nitriles is 2. The molecule has 4 aliphatic heterocycles. The van der Waals surface area contributed by atoms with E-state index in [0.717, 1.165) is 151 Å². The van der Waals surface area contributed by atoms with Crippen molar-refractivity contribution >= 4 is 69.6 Å². The first-order chi connectivity index (χ1) is 61.1. The highest BCUT2D eigenvalue weighted by Gasteiger charge is 2.57. The fraction of sp³-hybridized carbons (Fsp3) is 0.443. The quantitative estimate of drug-likeness (QED) is 0.0251. The number of aliphatic carboxylic acids is 1. The number of amides is 7. The average molecular weight is 1740 g/mol. The fourth-order valence-electron chi connectivity index (χ4n) is 17.8. The summed E-state index contributed by atoms with van der Waals surface area (Å²) in [5.41, 5.74) is 12.2. The van der Waals surface area contributed by atoms with Crippen molar-refractivity contribution in [2.24, 2.45) is 46.3 Å². The lowest BCUT2D eigenvalue weighted by atomic mass is 9.97. The topological polar surface area (TPSA) is 426 Å². The number of hydrogen-bond acceptors (Lipinski definition) is 19. The number of likely N-dealkylation sites (tertiary alicyclic amines) is 3. The van der Waals surface area contributed by atoms with Gasteiger partial charge in [0.15, 0.2) is 0 Å². The zero-order valence-corrected chi connectivity index (χ0v) is 73.7. The summed E-state index contributed by atoms with van der Waals surface area (Å²) >= 11 is 0. The highest BCUT2D eigenvalue weighted by Crippen LogP contribution is 2.60. The van der Waals surface area contributed by atoms with Crippen LogP contribution in [0.2, 0.25) is 0 Å². The van der Waals surface area contributed by atoms with E-state index in [1.807, 2.05) is 82.9 Å². The molecule has 6 aromatic carbocycles. The van der Waals surface area contributed by atoms with Gasteiger partial charge in [-0.2, -0.15) is 10.5 Å². The molecule has 128 heavy (non-hydrogen) atoms. The molecule has 16 rings (SSSR count). The summed E-state index contributed by atoms with van der Waals surface area (Å²) in [5, 5.41) is 46.1. The van der Waals surface area contributed by atoms with E-state index in [4.69, 9.17) is 34.3 Å². The number of methoxy groups -OCH3 is 4. The SMILES string of the molecule is C.CC[C@H](C)[C@H](NC(=O)OC)C(=O)N1CC(C#N)C[C@H]1c1ncc(-c2ccc3cc(-c4ccc(-c5cnc([C@@H]6CC7(CC7)CN6C(=O)[C@@H](NC(=O)OC)C(C)C)[nH]5)cc4)ccc3c2)[nH]1.CC[C@H](C)[C@H](NC(=O)OC)C(=O)O.COC(=O)N[C@H](C(=O)N1CC2(CC2)C[C@H]1c1ncc(-c2ccc(-c3ccc4cc(-c5cnc([C@@H]6C[C@H](C#N)CN6)[nH]5)ccc4c3)cc2)[nH]1)C(C)C. The summed E-state index contributed by atoms with van der Waals surface area (Å²) in [6, 6.07) is 43.2. The summed E-state index contributed by atoms with van der Waals surface area (Å²) in [6.07, 6.45) is 13.3. The second kappa shape index (κ2) is 39.6. The molecule has 8 heterocycles. The molecule has 31 nitrogen and oxygen atoms in total. The minimum absolute atomic E-state index is 0. The van der Waals surface area contributed by atoms with Crippen LogP contribution in [0.25, 0.3) is 88.8 Å². The maximum Gasteiger partial charge on any atom is 0.407 e. The van der Waals surface area contributed by atoms with Crippen molar-refractivity contribution < 1.29 is 62.4 Å². The number of hydrogen-bond donors (Lipinski definition) is 10. The van der Waals surface area contributed by atoms with Crippen LogP contribution >= 0.6 is 0 Å². The molecule has 2 aliphatic carbocycles. The lowest BCUT2D eigenvalue weighted by molar-refractivity contribution is -0.141. The van der Waals surface area contributed by atoms with Gasteiger partial charge >= 0.3 is 30.3 Å². The van der Waals surface area contributed by atoms with Crippen LogP contribution in [0.4, 0.5) is 19.2 Å². The smallest absolute Gasteiger partial charge is 0.407 e. The van der Waals surface area contributed by atoms with E-state index in [1.54, 1.807) is 18.0 Å². The van der Waals surface area contributed by atoms with Gasteiger partial charge in [0.1, 0.15) is 47.5 Å². The number of nitrogens with one attached hydrogen (secondary N) is 9. The predicted octanol–water partition coefficient (Wildman–Crippen LogP) is 16.3. The first-order valence-corrected chi connectivity index (χ1v) is 43.6. The number of alkyl carbamates (subject to hydrolysis) is 4. The van der Waals surface area contributed by atoms with Gasteiger partial charge in [0.05, 0.1) is 124 Å². The maximum absolute atomic E-state index is 13.9. The molecule has 7 amide bonds. The molecule has 672 valence electrons. The van der Waals surface area contributed by atoms with Crippen LogP contribution in [0.15, 0.2) is 146 Å². The zero-order chi connectivity index (χ0) is 90.3. The summed E-state index contributed by atoms with van der Waals surface area (Å²) in [5.74, 6) is 0.668. The fourth-order valence-corrected chi connectivity index (χ4v) is 17.8. The number of benzene rings is 6. The van der Waals surface area contributed by atoms with Crippen molar-refractivity contribution in [2.75, 3.05) is 54.6 Å². The molecule has 31 heteroatoms. The average Bonchev–Trinajstić information content (AvgIpc) is 1.59. The van der Waals surface area contributed by atoms with Crippen LogP contribution in [0, 0.1) is 69.0 Å². The maximum atomic E-state index is 13.9. The third-order valence-electron chi connectivity index (χ3n) is 26.3. The van der Waals surface area contributed by atoms with Crippen molar-refractivity contribution in [3.05, 3.63) is 169 Å². The number of carboxylic acids is 1. The van der Waals surface area contributed by atoms with E-state index >= 15 is 0 Å². The lowest BCUT2D eigenvalue weighted by Crippen LogP contribution is -2.51. The highest BCUT2D eigenvalue weighted by atomic mass is 16.6. The van der Waals surface area contributed by atoms with Gasteiger partial charge in [-0.25, -0.2) is 43.9 Å². The number of rotatable bonds is 24. The molecule has 4 aromatic heterocycles. The largest absolute Gasteiger partial charge is 0.480 e. The van der Waals surface area contributed by atoms with Crippen LogP contribution in [0.5, 0.6) is 0 Å². The third kappa shape index (κ3) is 20.5. The van der Waals surface area contributed by atoms with Crippen LogP contribution in [0.1, 0.15) is 174 Å². The van der Waals surface area contributed by atoms with Crippen LogP contribution in [-0.2, 0) is 38.1 Å². The van der Waals surface area contributed by atoms with E-state index in [2.05, 4.69) is 184 Å². The molecular formula is C97H116N18O13. The first-order valence-electron chi connectivity index (χ1n) is 43.6. The monoisotopic (exact) mass is 1740 g/mol. The molecule has 0 radical (unpaired) electrons. The van der Waals surface area contributed by atoms with Gasteiger partial charge in [0, 0.05) is 37.3 Å². The Morgan fingerprint density at radius 3 is 1.13 bits per heavy atom. The Hall–Kier alpha value is -13.4. The molecular weight excluding hydrogens is 1630 g/mol. The van der Waals surface area contributed by atoms with E-state index < -0.39 is 60.6 Å². The number of carboxylic acid groups (broad SMARTS) is 1. The van der Waals surface area contributed by atoms with Crippen molar-refractivity contribution in [1.29, 1.82) is 10.5 Å². The van der Waals surface area contributed by atoms with E-state index in [0.29, 0.717) is 44.7 Å². The summed E-state index contributed by atoms with van der Waals surface area (Å²) in [6.45, 7) is 17.5. The molecule has 6 aliphatic rings. The van der Waals surface area contributed by atoms with Gasteiger partial charge < -0.3 is 85.3 Å². The molecule has 2 saturated carbocycles. The Kier molecular flexibility index (Phi) is 28.6. The molecule has 4 saturated heterocycles. The van der Waals surface area contributed by atoms with Crippen molar-refractivity contribution in [3.63, 3.8) is 0 Å². The van der Waals surface area contributed by atoms with Crippen LogP contribution in [0.3, 0.4) is 0 Å². The highest BCUT2D eigenvalue weighted by molar-refractivity contribution is 5.93. The normalized spacial score (nSPS) is 19.9. The van der Waals surface area contributed by atoms with E-state index in [-0.39, 0.29) is 96.2 Å². The van der Waals surface area contributed by atoms with Gasteiger partial charge in [-0.15, -0.1) is 0 Å². The second-order valence-corrected chi connectivity index (χ2v) is 35.5. The number of fused-ring (bicyclic) bond motifs is 2. The summed E-state index contributed by atoms with van der Waals surface area (Å²) in [7, 11) is 5.08. The first kappa shape index (κ1) is 92.3. The van der Waals surface area contributed by atoms with Crippen molar-refractivity contribution in [2.45, 2.75) is 175 Å². The zero-order valence-electron chi connectivity index (χ0n) is 73.7. The number of aromatic nitrogens is 8. The van der Waals surface area contributed by atoms with Crippen LogP contribution < -0.4 is 26.6 Å². The Labute approximate surface area is 745 Å². The van der Waals surface area contributed by atoms with Crippen molar-refractivity contribution in [1.82, 2.24) is 81.2 Å². The van der Waals surface area contributed by atoms with Crippen LogP contribution in [-0.4, -0.2) is 187 Å². The Morgan fingerprint density at radius 1 is 0.438 bits per heavy atom. The van der Waals surface area contributed by atoms with Gasteiger partial charge in [-0.05, 0) is 165 Å². The predicted molar refractivity (Wildman–Crippen MR) is 483 cm³/mol. The number of H-pyrrole nitrogens is 4. The Morgan fingerprint density at radius 2 is 0.766 bits per heavy atom. The van der Waals surface area contributed by atoms with Crippen molar-refractivity contribution in [3.8, 4) is 79.4 Å². The third-order valence-corrected chi connectivity index (χ3v) is 26.3. The molecule has 10 N–H and O–H groups in total. The van der Waals surface area contributed by atoms with Gasteiger partial charge in [-0.1, -0.05) is 173 Å². The van der Waals surface area contributed by atoms with Gasteiger partial charge in [-0.3, -0.25) is 14.4 Å². The lowest BCUT2D eigenvalue weighted by Gasteiger charge is -2.30. The molecule has 0 bridgehead atoms. The van der Waals surface area contributed by atoms with Gasteiger partial charge in [0.2, 0.25) is 17.7 Å². The van der Waals surface area contributed by atoms with E-state index in [1.165, 1.54) is 28.4 Å². The van der Waals surface area contributed by atoms with E-state index in [9.17, 15) is 48.9 Å². The summed E-state index contributed by atoms with van der Waals surface area (Å²) < 4.78 is 18.7. The van der Waals surface area contributed by atoms with Gasteiger partial charge in [0.25, 0.3) is 0 Å². The molecule has 10 aromatic rings. The second-order valence-electron chi connectivity index (χ2n) is 35.5. The minimum atomic E-state index is -1.04.